The standard InChI is InChI=1S/C19H21N5O3/c1-14-12-17(20-13-15-4-2-10-26-15)22-19(21-14)24-8-6-23(7-9-24)18(25)16-5-3-11-27-16/h2-5,10-12H,6-9,13H2,1H3,(H,20,21,22). The van der Waals surface area contributed by atoms with Crippen LogP contribution in [-0.4, -0.2) is 47.0 Å². The number of furan rings is 2. The molecule has 1 aliphatic heterocycles. The Morgan fingerprint density at radius 3 is 2.59 bits per heavy atom. The van der Waals surface area contributed by atoms with Crippen molar-refractivity contribution in [3.8, 4) is 0 Å². The maximum Gasteiger partial charge on any atom is 0.289 e. The molecule has 3 aromatic rings. The second-order valence-electron chi connectivity index (χ2n) is 6.38. The summed E-state index contributed by atoms with van der Waals surface area (Å²) in [7, 11) is 0. The molecule has 0 aromatic carbocycles. The average molecular weight is 367 g/mol. The largest absolute Gasteiger partial charge is 0.467 e. The fourth-order valence-corrected chi connectivity index (χ4v) is 3.04. The van der Waals surface area contributed by atoms with Gasteiger partial charge in [0.1, 0.15) is 11.6 Å². The van der Waals surface area contributed by atoms with Crippen LogP contribution in [0.2, 0.25) is 0 Å². The monoisotopic (exact) mass is 367 g/mol. The van der Waals surface area contributed by atoms with Gasteiger partial charge in [0.15, 0.2) is 5.76 Å². The molecule has 4 heterocycles. The summed E-state index contributed by atoms with van der Waals surface area (Å²) in [5.74, 6) is 2.56. The van der Waals surface area contributed by atoms with Crippen molar-refractivity contribution in [3.05, 3.63) is 60.1 Å². The minimum Gasteiger partial charge on any atom is -0.467 e. The number of carbonyl (C=O) groups excluding carboxylic acids is 1. The zero-order valence-corrected chi connectivity index (χ0v) is 15.1. The number of hydrogen-bond acceptors (Lipinski definition) is 7. The Labute approximate surface area is 156 Å². The summed E-state index contributed by atoms with van der Waals surface area (Å²) in [5, 5.41) is 3.26. The lowest BCUT2D eigenvalue weighted by atomic mass is 10.3. The molecule has 1 fully saturated rings. The Balaban J connectivity index is 1.39. The summed E-state index contributed by atoms with van der Waals surface area (Å²) >= 11 is 0. The minimum atomic E-state index is -0.0781. The van der Waals surface area contributed by atoms with Gasteiger partial charge in [0.25, 0.3) is 5.91 Å². The van der Waals surface area contributed by atoms with Crippen molar-refractivity contribution in [1.82, 2.24) is 14.9 Å². The van der Waals surface area contributed by atoms with Crippen LogP contribution in [0, 0.1) is 6.92 Å². The third-order valence-electron chi connectivity index (χ3n) is 4.45. The lowest BCUT2D eigenvalue weighted by Gasteiger charge is -2.34. The normalized spacial score (nSPS) is 14.4. The van der Waals surface area contributed by atoms with Crippen molar-refractivity contribution in [2.45, 2.75) is 13.5 Å². The predicted octanol–water partition coefficient (Wildman–Crippen LogP) is 2.55. The van der Waals surface area contributed by atoms with E-state index in [2.05, 4.69) is 20.2 Å². The van der Waals surface area contributed by atoms with E-state index in [1.54, 1.807) is 23.3 Å². The summed E-state index contributed by atoms with van der Waals surface area (Å²) in [5.41, 5.74) is 0.885. The summed E-state index contributed by atoms with van der Waals surface area (Å²) in [4.78, 5) is 25.4. The molecule has 0 atom stereocenters. The first-order valence-electron chi connectivity index (χ1n) is 8.89. The van der Waals surface area contributed by atoms with Gasteiger partial charge in [0.05, 0.1) is 19.1 Å². The zero-order valence-electron chi connectivity index (χ0n) is 15.1. The Kier molecular flexibility index (Phi) is 4.78. The molecule has 3 aromatic heterocycles. The van der Waals surface area contributed by atoms with Gasteiger partial charge in [-0.1, -0.05) is 0 Å². The molecule has 0 spiro atoms. The van der Waals surface area contributed by atoms with Gasteiger partial charge in [0, 0.05) is 37.9 Å². The van der Waals surface area contributed by atoms with E-state index in [1.807, 2.05) is 25.1 Å². The van der Waals surface area contributed by atoms with Crippen LogP contribution in [0.15, 0.2) is 51.7 Å². The fraction of sp³-hybridized carbons (Fsp3) is 0.316. The Hall–Kier alpha value is -3.29. The highest BCUT2D eigenvalue weighted by Gasteiger charge is 2.25. The lowest BCUT2D eigenvalue weighted by molar-refractivity contribution is 0.0714. The van der Waals surface area contributed by atoms with E-state index in [-0.39, 0.29) is 5.91 Å². The molecular formula is C19H21N5O3. The second-order valence-corrected chi connectivity index (χ2v) is 6.38. The molecule has 0 saturated carbocycles. The van der Waals surface area contributed by atoms with E-state index in [1.165, 1.54) is 6.26 Å². The van der Waals surface area contributed by atoms with Gasteiger partial charge < -0.3 is 24.0 Å². The summed E-state index contributed by atoms with van der Waals surface area (Å²) < 4.78 is 10.5. The molecule has 1 N–H and O–H groups in total. The molecule has 1 saturated heterocycles. The maximum absolute atomic E-state index is 12.4. The fourth-order valence-electron chi connectivity index (χ4n) is 3.04. The lowest BCUT2D eigenvalue weighted by Crippen LogP contribution is -2.49. The Bertz CT molecular complexity index is 884. The van der Waals surface area contributed by atoms with Crippen LogP contribution in [-0.2, 0) is 6.54 Å². The number of aromatic nitrogens is 2. The van der Waals surface area contributed by atoms with E-state index in [4.69, 9.17) is 8.83 Å². The Morgan fingerprint density at radius 2 is 1.89 bits per heavy atom. The summed E-state index contributed by atoms with van der Waals surface area (Å²) in [6.07, 6.45) is 3.17. The molecule has 0 bridgehead atoms. The van der Waals surface area contributed by atoms with Crippen molar-refractivity contribution < 1.29 is 13.6 Å². The zero-order chi connectivity index (χ0) is 18.6. The molecule has 1 amide bonds. The number of anilines is 2. The van der Waals surface area contributed by atoms with Crippen LogP contribution in [0.1, 0.15) is 22.0 Å². The SMILES string of the molecule is Cc1cc(NCc2ccco2)nc(N2CCN(C(=O)c3ccco3)CC2)n1. The number of nitrogens with one attached hydrogen (secondary N) is 1. The van der Waals surface area contributed by atoms with E-state index >= 15 is 0 Å². The Morgan fingerprint density at radius 1 is 1.11 bits per heavy atom. The third-order valence-corrected chi connectivity index (χ3v) is 4.45. The number of rotatable bonds is 5. The van der Waals surface area contributed by atoms with Crippen LogP contribution in [0.25, 0.3) is 0 Å². The van der Waals surface area contributed by atoms with Crippen LogP contribution in [0.4, 0.5) is 11.8 Å². The topological polar surface area (TPSA) is 87.6 Å². The van der Waals surface area contributed by atoms with Crippen molar-refractivity contribution in [3.63, 3.8) is 0 Å². The van der Waals surface area contributed by atoms with E-state index < -0.39 is 0 Å². The number of hydrogen-bond donors (Lipinski definition) is 1. The molecule has 27 heavy (non-hydrogen) atoms. The highest BCUT2D eigenvalue weighted by molar-refractivity contribution is 5.91. The van der Waals surface area contributed by atoms with Crippen molar-refractivity contribution in [2.75, 3.05) is 36.4 Å². The smallest absolute Gasteiger partial charge is 0.289 e. The van der Waals surface area contributed by atoms with Crippen molar-refractivity contribution >= 4 is 17.7 Å². The summed E-state index contributed by atoms with van der Waals surface area (Å²) in [6, 6.07) is 9.09. The number of aryl methyl sites for hydroxylation is 1. The molecule has 8 nitrogen and oxygen atoms in total. The maximum atomic E-state index is 12.4. The number of amides is 1. The molecule has 0 aliphatic carbocycles. The van der Waals surface area contributed by atoms with Gasteiger partial charge in [-0.05, 0) is 31.2 Å². The third kappa shape index (κ3) is 3.94. The van der Waals surface area contributed by atoms with Gasteiger partial charge in [-0.15, -0.1) is 0 Å². The molecule has 0 unspecified atom stereocenters. The van der Waals surface area contributed by atoms with Crippen LogP contribution >= 0.6 is 0 Å². The molecule has 140 valence electrons. The molecule has 4 rings (SSSR count). The number of carbonyl (C=O) groups is 1. The van der Waals surface area contributed by atoms with E-state index in [9.17, 15) is 4.79 Å². The van der Waals surface area contributed by atoms with Crippen molar-refractivity contribution in [1.29, 1.82) is 0 Å². The molecule has 1 aliphatic rings. The highest BCUT2D eigenvalue weighted by atomic mass is 16.3. The average Bonchev–Trinajstić information content (AvgIpc) is 3.39. The van der Waals surface area contributed by atoms with Gasteiger partial charge in [0.2, 0.25) is 5.95 Å². The second kappa shape index (κ2) is 7.53. The number of nitrogens with zero attached hydrogens (tertiary/aromatic N) is 4. The molecular weight excluding hydrogens is 346 g/mol. The first-order chi connectivity index (χ1) is 13.2. The summed E-state index contributed by atoms with van der Waals surface area (Å²) in [6.45, 7) is 5.06. The first kappa shape index (κ1) is 17.1. The number of piperazine rings is 1. The van der Waals surface area contributed by atoms with Crippen LogP contribution in [0.3, 0.4) is 0 Å². The van der Waals surface area contributed by atoms with Crippen LogP contribution < -0.4 is 10.2 Å². The molecule has 0 radical (unpaired) electrons. The van der Waals surface area contributed by atoms with Gasteiger partial charge in [-0.25, -0.2) is 4.98 Å². The minimum absolute atomic E-state index is 0.0781. The molecule has 8 heteroatoms. The quantitative estimate of drug-likeness (QED) is 0.741. The van der Waals surface area contributed by atoms with E-state index in [0.717, 1.165) is 17.3 Å². The predicted molar refractivity (Wildman–Crippen MR) is 99.6 cm³/mol. The van der Waals surface area contributed by atoms with Gasteiger partial charge in [-0.2, -0.15) is 4.98 Å². The van der Waals surface area contributed by atoms with Gasteiger partial charge in [-0.3, -0.25) is 4.79 Å². The van der Waals surface area contributed by atoms with E-state index in [0.29, 0.717) is 44.4 Å². The van der Waals surface area contributed by atoms with Gasteiger partial charge >= 0.3 is 0 Å². The highest BCUT2D eigenvalue weighted by Crippen LogP contribution is 2.17. The van der Waals surface area contributed by atoms with Crippen LogP contribution in [0.5, 0.6) is 0 Å². The first-order valence-corrected chi connectivity index (χ1v) is 8.89. The van der Waals surface area contributed by atoms with Crippen molar-refractivity contribution in [2.24, 2.45) is 0 Å².